The van der Waals surface area contributed by atoms with E-state index >= 15 is 0 Å². The molecule has 0 spiro atoms. The summed E-state index contributed by atoms with van der Waals surface area (Å²) in [6, 6.07) is 7.00. The van der Waals surface area contributed by atoms with Gasteiger partial charge in [0.15, 0.2) is 0 Å². The molecule has 0 saturated heterocycles. The molecule has 0 fully saturated rings. The van der Waals surface area contributed by atoms with Crippen LogP contribution in [0.4, 0.5) is 5.69 Å². The monoisotopic (exact) mass is 154 g/mol. The Kier molecular flexibility index (Phi) is 2.08. The van der Waals surface area contributed by atoms with E-state index in [2.05, 4.69) is 10.5 Å². The molecule has 4 heteroatoms. The van der Waals surface area contributed by atoms with Crippen molar-refractivity contribution in [1.82, 2.24) is 0 Å². The Morgan fingerprint density at radius 2 is 2.10 bits per heavy atom. The lowest BCUT2D eigenvalue weighted by atomic mass is 10.3. The number of rotatable bonds is 1. The van der Waals surface area contributed by atoms with Gasteiger partial charge in [-0.3, -0.25) is 0 Å². The number of hydrogen-bond acceptors (Lipinski definition) is 2. The number of nitrogens with one attached hydrogen (secondary N) is 1. The first kappa shape index (κ1) is 6.84. The number of anilines is 1. The largest absolute Gasteiger partial charge is 0.308 e. The zero-order valence-electron chi connectivity index (χ0n) is 5.08. The van der Waals surface area contributed by atoms with Gasteiger partial charge in [0.25, 0.3) is 5.39 Å². The van der Waals surface area contributed by atoms with Gasteiger partial charge in [-0.05, 0) is 17.6 Å². The second kappa shape index (κ2) is 3.04. The highest BCUT2D eigenvalue weighted by atomic mass is 35.5. The van der Waals surface area contributed by atoms with Crippen LogP contribution >= 0.6 is 11.6 Å². The molecule has 0 heterocycles. The van der Waals surface area contributed by atoms with E-state index in [1.54, 1.807) is 24.3 Å². The Labute approximate surface area is 63.2 Å². The summed E-state index contributed by atoms with van der Waals surface area (Å²) < 4.78 is 0. The Morgan fingerprint density at radius 1 is 1.40 bits per heavy atom. The van der Waals surface area contributed by atoms with Gasteiger partial charge < -0.3 is 0 Å². The van der Waals surface area contributed by atoms with Crippen LogP contribution in [-0.2, 0) is 0 Å². The molecule has 1 N–H and O–H groups in total. The molecule has 0 aliphatic heterocycles. The molecule has 0 atom stereocenters. The fraction of sp³-hybridized carbons (Fsp3) is 0. The normalized spacial score (nSPS) is 8.40. The minimum absolute atomic E-state index is 0.528. The predicted octanol–water partition coefficient (Wildman–Crippen LogP) is 2.52. The minimum atomic E-state index is 0.528. The van der Waals surface area contributed by atoms with E-state index in [1.165, 1.54) is 0 Å². The molecule has 1 aromatic rings. The molecule has 0 radical (unpaired) electrons. The van der Waals surface area contributed by atoms with Gasteiger partial charge in [0, 0.05) is 0 Å². The van der Waals surface area contributed by atoms with Crippen molar-refractivity contribution in [3.8, 4) is 0 Å². The molecule has 0 amide bonds. The zero-order valence-corrected chi connectivity index (χ0v) is 5.84. The summed E-state index contributed by atoms with van der Waals surface area (Å²) in [5.74, 6) is 0. The summed E-state index contributed by atoms with van der Waals surface area (Å²) in [5, 5.41) is 11.4. The van der Waals surface area contributed by atoms with Gasteiger partial charge in [0.2, 0.25) is 0 Å². The van der Waals surface area contributed by atoms with E-state index in [4.69, 9.17) is 17.0 Å². The molecule has 50 valence electrons. The third-order valence-corrected chi connectivity index (χ3v) is 1.37. The Balaban J connectivity index is 2.94. The number of diazo groups is 1. The maximum Gasteiger partial charge on any atom is 0.308 e. The molecule has 0 aliphatic rings. The highest BCUT2D eigenvalue weighted by molar-refractivity contribution is 6.33. The van der Waals surface area contributed by atoms with Crippen molar-refractivity contribution in [1.29, 1.82) is 5.39 Å². The molecule has 0 unspecified atom stereocenters. The fourth-order valence-corrected chi connectivity index (χ4v) is 0.784. The molecule has 0 aromatic heterocycles. The van der Waals surface area contributed by atoms with Crippen LogP contribution in [0.15, 0.2) is 24.3 Å². The van der Waals surface area contributed by atoms with Crippen molar-refractivity contribution >= 4 is 17.3 Å². The van der Waals surface area contributed by atoms with Gasteiger partial charge in [-0.15, -0.1) is 0 Å². The van der Waals surface area contributed by atoms with Crippen molar-refractivity contribution in [3.63, 3.8) is 0 Å². The molecular formula is C6H5ClN3+. The summed E-state index contributed by atoms with van der Waals surface area (Å²) in [4.78, 5) is 0. The number of benzene rings is 1. The number of nitrogens with zero attached hydrogens (tertiary/aromatic N) is 2. The highest BCUT2D eigenvalue weighted by Crippen LogP contribution is 2.19. The second-order valence-corrected chi connectivity index (χ2v) is 2.10. The SMILES string of the molecule is N#[N+]Nc1ccccc1Cl. The standard InChI is InChI=1S/C6H5ClN3/c7-5-3-1-2-4-6(5)9-10-8/h1-4,9H/q+1. The zero-order chi connectivity index (χ0) is 7.40. The molecule has 0 aliphatic carbocycles. The smallest absolute Gasteiger partial charge is 0.0818 e. The third kappa shape index (κ3) is 1.36. The van der Waals surface area contributed by atoms with Crippen molar-refractivity contribution in [2.75, 3.05) is 5.43 Å². The summed E-state index contributed by atoms with van der Waals surface area (Å²) in [6.07, 6.45) is 0. The van der Waals surface area contributed by atoms with E-state index in [9.17, 15) is 0 Å². The second-order valence-electron chi connectivity index (χ2n) is 1.69. The molecular weight excluding hydrogens is 150 g/mol. The van der Waals surface area contributed by atoms with Crippen molar-refractivity contribution in [2.24, 2.45) is 0 Å². The summed E-state index contributed by atoms with van der Waals surface area (Å²) >= 11 is 5.67. The van der Waals surface area contributed by atoms with Gasteiger partial charge in [-0.25, -0.2) is 0 Å². The number of para-hydroxylation sites is 1. The van der Waals surface area contributed by atoms with Crippen LogP contribution in [0.2, 0.25) is 5.02 Å². The van der Waals surface area contributed by atoms with Gasteiger partial charge in [-0.1, -0.05) is 23.7 Å². The van der Waals surface area contributed by atoms with E-state index < -0.39 is 0 Å². The Bertz CT molecular complexity index is 266. The van der Waals surface area contributed by atoms with E-state index in [0.29, 0.717) is 10.7 Å². The Morgan fingerprint density at radius 3 is 2.70 bits per heavy atom. The predicted molar refractivity (Wildman–Crippen MR) is 40.2 cm³/mol. The van der Waals surface area contributed by atoms with E-state index in [1.807, 2.05) is 0 Å². The maximum absolute atomic E-state index is 8.10. The summed E-state index contributed by atoms with van der Waals surface area (Å²) in [5.41, 5.74) is 2.91. The lowest BCUT2D eigenvalue weighted by Gasteiger charge is -1.90. The number of halogens is 1. The molecule has 3 nitrogen and oxygen atoms in total. The van der Waals surface area contributed by atoms with Crippen LogP contribution in [-0.4, -0.2) is 0 Å². The van der Waals surface area contributed by atoms with Crippen LogP contribution in [0, 0.1) is 5.39 Å². The van der Waals surface area contributed by atoms with Crippen LogP contribution in [0.1, 0.15) is 0 Å². The van der Waals surface area contributed by atoms with Gasteiger partial charge in [0.1, 0.15) is 5.69 Å². The van der Waals surface area contributed by atoms with Crippen LogP contribution in [0.5, 0.6) is 0 Å². The van der Waals surface area contributed by atoms with Crippen LogP contribution in [0.3, 0.4) is 0 Å². The Hall–Kier alpha value is -1.27. The maximum atomic E-state index is 8.10. The van der Waals surface area contributed by atoms with Crippen molar-refractivity contribution in [2.45, 2.75) is 0 Å². The molecule has 10 heavy (non-hydrogen) atoms. The number of hydrogen-bond donors (Lipinski definition) is 1. The molecule has 0 bridgehead atoms. The summed E-state index contributed by atoms with van der Waals surface area (Å²) in [7, 11) is 0. The first-order valence-electron chi connectivity index (χ1n) is 2.69. The lowest BCUT2D eigenvalue weighted by molar-refractivity contribution is 1.39. The van der Waals surface area contributed by atoms with Crippen LogP contribution in [0.25, 0.3) is 5.08 Å². The molecule has 0 saturated carbocycles. The van der Waals surface area contributed by atoms with Gasteiger partial charge in [-0.2, -0.15) is 0 Å². The first-order valence-corrected chi connectivity index (χ1v) is 3.07. The average molecular weight is 155 g/mol. The molecule has 1 rings (SSSR count). The van der Waals surface area contributed by atoms with Crippen molar-refractivity contribution in [3.05, 3.63) is 34.4 Å². The first-order chi connectivity index (χ1) is 4.84. The van der Waals surface area contributed by atoms with E-state index in [0.717, 1.165) is 0 Å². The van der Waals surface area contributed by atoms with Crippen LogP contribution < -0.4 is 5.43 Å². The summed E-state index contributed by atoms with van der Waals surface area (Å²) in [6.45, 7) is 0. The lowest BCUT2D eigenvalue weighted by Crippen LogP contribution is -1.82. The van der Waals surface area contributed by atoms with Gasteiger partial charge >= 0.3 is 5.08 Å². The topological polar surface area (TPSA) is 40.2 Å². The highest BCUT2D eigenvalue weighted by Gasteiger charge is 2.00. The molecule has 1 aromatic carbocycles. The fourth-order valence-electron chi connectivity index (χ4n) is 0.606. The van der Waals surface area contributed by atoms with Crippen molar-refractivity contribution < 1.29 is 0 Å². The third-order valence-electron chi connectivity index (χ3n) is 1.04. The quantitative estimate of drug-likeness (QED) is 0.499. The minimum Gasteiger partial charge on any atom is -0.0818 e. The average Bonchev–Trinajstić information content (AvgIpc) is 1.94. The van der Waals surface area contributed by atoms with E-state index in [-0.39, 0.29) is 0 Å². The van der Waals surface area contributed by atoms with Gasteiger partial charge in [0.05, 0.1) is 5.02 Å².